The third-order valence-electron chi connectivity index (χ3n) is 3.98. The zero-order valence-corrected chi connectivity index (χ0v) is 14.0. The number of ether oxygens (including phenoxy) is 1. The van der Waals surface area contributed by atoms with Crippen molar-refractivity contribution in [3.8, 4) is 0 Å². The van der Waals surface area contributed by atoms with Crippen molar-refractivity contribution >= 4 is 38.5 Å². The second kappa shape index (κ2) is 6.62. The van der Waals surface area contributed by atoms with Crippen molar-refractivity contribution < 1.29 is 9.53 Å². The van der Waals surface area contributed by atoms with Gasteiger partial charge in [0.25, 0.3) is 0 Å². The van der Waals surface area contributed by atoms with Gasteiger partial charge in [-0.25, -0.2) is 0 Å². The molecule has 0 bridgehead atoms. The molecule has 0 spiro atoms. The highest BCUT2D eigenvalue weighted by molar-refractivity contribution is 9.10. The zero-order chi connectivity index (χ0) is 15.5. The Kier molecular flexibility index (Phi) is 4.59. The van der Waals surface area contributed by atoms with E-state index in [1.54, 1.807) is 0 Å². The smallest absolute Gasteiger partial charge is 0.319 e. The van der Waals surface area contributed by atoms with Crippen molar-refractivity contribution in [2.24, 2.45) is 0 Å². The first-order valence-corrected chi connectivity index (χ1v) is 8.05. The molecule has 2 aromatic rings. The van der Waals surface area contributed by atoms with Gasteiger partial charge in [0.05, 0.1) is 19.2 Å². The van der Waals surface area contributed by atoms with Gasteiger partial charge in [0.15, 0.2) is 0 Å². The quantitative estimate of drug-likeness (QED) is 0.783. The first-order chi connectivity index (χ1) is 10.7. The van der Waals surface area contributed by atoms with E-state index in [2.05, 4.69) is 42.8 Å². The number of carbonyl (C=O) groups excluding carboxylic acids is 1. The maximum absolute atomic E-state index is 11.3. The first-order valence-electron chi connectivity index (χ1n) is 7.26. The number of carbonyl (C=O) groups is 1. The number of aromatic nitrogens is 1. The van der Waals surface area contributed by atoms with Crippen molar-refractivity contribution in [1.29, 1.82) is 0 Å². The number of nitrogens with zero attached hydrogens (tertiary/aromatic N) is 3. The van der Waals surface area contributed by atoms with Gasteiger partial charge in [0.2, 0.25) is 0 Å². The Morgan fingerprint density at radius 3 is 2.77 bits per heavy atom. The van der Waals surface area contributed by atoms with Crippen LogP contribution in [-0.4, -0.2) is 55.7 Å². The number of anilines is 1. The summed E-state index contributed by atoms with van der Waals surface area (Å²) in [5, 5.41) is 1.16. The summed E-state index contributed by atoms with van der Waals surface area (Å²) in [5.41, 5.74) is 2.19. The standard InChI is InChI=1S/C16H18BrN3O2/c1-22-16(21)11-19-6-8-20(9-7-19)15-4-5-18-14-10-12(17)2-3-13(14)15/h2-5,10H,6-9,11H2,1H3. The van der Waals surface area contributed by atoms with Gasteiger partial charge in [-0.1, -0.05) is 15.9 Å². The predicted octanol–water partition coefficient (Wildman–Crippen LogP) is 2.29. The highest BCUT2D eigenvalue weighted by Gasteiger charge is 2.20. The van der Waals surface area contributed by atoms with Crippen LogP contribution < -0.4 is 4.90 Å². The lowest BCUT2D eigenvalue weighted by atomic mass is 10.1. The number of hydrogen-bond donors (Lipinski definition) is 0. The van der Waals surface area contributed by atoms with E-state index in [1.807, 2.05) is 18.3 Å². The molecule has 116 valence electrons. The van der Waals surface area contributed by atoms with E-state index in [1.165, 1.54) is 12.8 Å². The molecule has 0 saturated carbocycles. The number of benzene rings is 1. The van der Waals surface area contributed by atoms with Gasteiger partial charge < -0.3 is 9.64 Å². The van der Waals surface area contributed by atoms with Crippen LogP contribution in [0.4, 0.5) is 5.69 Å². The number of hydrogen-bond acceptors (Lipinski definition) is 5. The van der Waals surface area contributed by atoms with Gasteiger partial charge in [-0.15, -0.1) is 0 Å². The molecule has 0 aliphatic carbocycles. The minimum absolute atomic E-state index is 0.173. The summed E-state index contributed by atoms with van der Waals surface area (Å²) in [5.74, 6) is -0.173. The molecule has 1 aromatic heterocycles. The van der Waals surface area contributed by atoms with Crippen molar-refractivity contribution in [1.82, 2.24) is 9.88 Å². The molecule has 1 aliphatic rings. The number of rotatable bonds is 3. The van der Waals surface area contributed by atoms with Crippen LogP contribution in [0.5, 0.6) is 0 Å². The Labute approximate surface area is 138 Å². The van der Waals surface area contributed by atoms with E-state index in [0.717, 1.165) is 41.6 Å². The fraction of sp³-hybridized carbons (Fsp3) is 0.375. The summed E-state index contributed by atoms with van der Waals surface area (Å²) in [6.07, 6.45) is 1.85. The van der Waals surface area contributed by atoms with Gasteiger partial charge >= 0.3 is 5.97 Å². The Hall–Kier alpha value is -1.66. The fourth-order valence-corrected chi connectivity index (χ4v) is 3.12. The molecule has 1 fully saturated rings. The summed E-state index contributed by atoms with van der Waals surface area (Å²) >= 11 is 3.49. The summed E-state index contributed by atoms with van der Waals surface area (Å²) in [6, 6.07) is 8.24. The molecule has 5 nitrogen and oxygen atoms in total. The van der Waals surface area contributed by atoms with Crippen molar-refractivity contribution in [2.45, 2.75) is 0 Å². The molecule has 0 N–H and O–H groups in total. The van der Waals surface area contributed by atoms with Crippen LogP contribution in [0, 0.1) is 0 Å². The minimum Gasteiger partial charge on any atom is -0.468 e. The zero-order valence-electron chi connectivity index (χ0n) is 12.5. The Bertz CT molecular complexity index is 684. The molecule has 1 aliphatic heterocycles. The summed E-state index contributed by atoms with van der Waals surface area (Å²) < 4.78 is 5.76. The third kappa shape index (κ3) is 3.23. The van der Waals surface area contributed by atoms with Gasteiger partial charge in [-0.05, 0) is 24.3 Å². The van der Waals surface area contributed by atoms with E-state index in [9.17, 15) is 4.79 Å². The Morgan fingerprint density at radius 1 is 1.27 bits per heavy atom. The van der Waals surface area contributed by atoms with Crippen LogP contribution in [0.2, 0.25) is 0 Å². The molecule has 3 rings (SSSR count). The molecule has 1 aromatic carbocycles. The molecule has 0 atom stereocenters. The van der Waals surface area contributed by atoms with Crippen molar-refractivity contribution in [3.63, 3.8) is 0 Å². The lowest BCUT2D eigenvalue weighted by Gasteiger charge is -2.35. The van der Waals surface area contributed by atoms with Gasteiger partial charge in [0.1, 0.15) is 0 Å². The van der Waals surface area contributed by atoms with Gasteiger partial charge in [0, 0.05) is 47.9 Å². The monoisotopic (exact) mass is 363 g/mol. The molecule has 2 heterocycles. The van der Waals surface area contributed by atoms with E-state index in [4.69, 9.17) is 4.74 Å². The second-order valence-electron chi connectivity index (χ2n) is 5.33. The van der Waals surface area contributed by atoms with Gasteiger partial charge in [-0.2, -0.15) is 0 Å². The maximum Gasteiger partial charge on any atom is 0.319 e. The van der Waals surface area contributed by atoms with Gasteiger partial charge in [-0.3, -0.25) is 14.7 Å². The molecule has 1 saturated heterocycles. The van der Waals surface area contributed by atoms with Crippen LogP contribution in [0.15, 0.2) is 34.9 Å². The predicted molar refractivity (Wildman–Crippen MR) is 90.1 cm³/mol. The molecule has 0 radical (unpaired) electrons. The maximum atomic E-state index is 11.3. The van der Waals surface area contributed by atoms with E-state index >= 15 is 0 Å². The van der Waals surface area contributed by atoms with E-state index in [0.29, 0.717) is 6.54 Å². The topological polar surface area (TPSA) is 45.7 Å². The van der Waals surface area contributed by atoms with Crippen LogP contribution in [0.3, 0.4) is 0 Å². The minimum atomic E-state index is -0.173. The molecule has 6 heteroatoms. The van der Waals surface area contributed by atoms with E-state index < -0.39 is 0 Å². The lowest BCUT2D eigenvalue weighted by molar-refractivity contribution is -0.142. The largest absolute Gasteiger partial charge is 0.468 e. The number of piperazine rings is 1. The second-order valence-corrected chi connectivity index (χ2v) is 6.25. The summed E-state index contributed by atoms with van der Waals surface area (Å²) in [7, 11) is 1.43. The number of halogens is 1. The average molecular weight is 364 g/mol. The molecular weight excluding hydrogens is 346 g/mol. The first kappa shape index (κ1) is 15.2. The average Bonchev–Trinajstić information content (AvgIpc) is 2.54. The number of pyridine rings is 1. The molecular formula is C16H18BrN3O2. The Balaban J connectivity index is 1.75. The Morgan fingerprint density at radius 2 is 2.05 bits per heavy atom. The van der Waals surface area contributed by atoms with Crippen molar-refractivity contribution in [3.05, 3.63) is 34.9 Å². The highest BCUT2D eigenvalue weighted by Crippen LogP contribution is 2.28. The van der Waals surface area contributed by atoms with Crippen LogP contribution >= 0.6 is 15.9 Å². The van der Waals surface area contributed by atoms with Crippen LogP contribution in [-0.2, 0) is 9.53 Å². The lowest BCUT2D eigenvalue weighted by Crippen LogP contribution is -2.48. The molecule has 22 heavy (non-hydrogen) atoms. The number of esters is 1. The summed E-state index contributed by atoms with van der Waals surface area (Å²) in [6.45, 7) is 3.87. The third-order valence-corrected chi connectivity index (χ3v) is 4.47. The fourth-order valence-electron chi connectivity index (χ4n) is 2.78. The van der Waals surface area contributed by atoms with Crippen LogP contribution in [0.1, 0.15) is 0 Å². The normalized spacial score (nSPS) is 16.0. The molecule has 0 amide bonds. The van der Waals surface area contributed by atoms with Crippen LogP contribution in [0.25, 0.3) is 10.9 Å². The van der Waals surface area contributed by atoms with Crippen molar-refractivity contribution in [2.75, 3.05) is 44.7 Å². The molecule has 0 unspecified atom stereocenters. The SMILES string of the molecule is COC(=O)CN1CCN(c2ccnc3cc(Br)ccc23)CC1. The van der Waals surface area contributed by atoms with E-state index in [-0.39, 0.29) is 5.97 Å². The number of fused-ring (bicyclic) bond motifs is 1. The summed E-state index contributed by atoms with van der Waals surface area (Å²) in [4.78, 5) is 20.3. The highest BCUT2D eigenvalue weighted by atomic mass is 79.9. The number of methoxy groups -OCH3 is 1.